The summed E-state index contributed by atoms with van der Waals surface area (Å²) in [6, 6.07) is 13.9. The lowest BCUT2D eigenvalue weighted by molar-refractivity contribution is -0.137. The first-order chi connectivity index (χ1) is 13.2. The van der Waals surface area contributed by atoms with E-state index in [1.54, 1.807) is 25.1 Å². The van der Waals surface area contributed by atoms with E-state index in [1.165, 1.54) is 12.1 Å². The maximum Gasteiger partial charge on any atom is 0.416 e. The van der Waals surface area contributed by atoms with Crippen LogP contribution in [0.3, 0.4) is 0 Å². The van der Waals surface area contributed by atoms with Crippen molar-refractivity contribution >= 4 is 17.5 Å². The molecular weight excluding hydrogens is 389 g/mol. The summed E-state index contributed by atoms with van der Waals surface area (Å²) in [5.74, 6) is -0.573. The molecule has 1 aromatic heterocycles. The molecule has 0 aliphatic heterocycles. The molecule has 3 nitrogen and oxygen atoms in total. The summed E-state index contributed by atoms with van der Waals surface area (Å²) in [6.45, 7) is 2.31. The lowest BCUT2D eigenvalue weighted by Gasteiger charge is -2.13. The summed E-state index contributed by atoms with van der Waals surface area (Å²) in [5, 5.41) is 0.641. The van der Waals surface area contributed by atoms with Gasteiger partial charge in [0.1, 0.15) is 0 Å². The van der Waals surface area contributed by atoms with Gasteiger partial charge in [0.05, 0.1) is 11.1 Å². The molecule has 28 heavy (non-hydrogen) atoms. The number of primary amides is 1. The molecule has 3 rings (SSSR count). The Morgan fingerprint density at radius 2 is 1.68 bits per heavy atom. The molecule has 2 N–H and O–H groups in total. The van der Waals surface area contributed by atoms with Crippen LogP contribution >= 0.6 is 11.6 Å². The van der Waals surface area contributed by atoms with Gasteiger partial charge in [0.25, 0.3) is 5.91 Å². The first-order valence-corrected chi connectivity index (χ1v) is 8.96. The molecule has 0 atom stereocenters. The molecule has 0 saturated heterocycles. The van der Waals surface area contributed by atoms with Crippen molar-refractivity contribution in [2.45, 2.75) is 26.1 Å². The molecule has 0 fully saturated rings. The van der Waals surface area contributed by atoms with Crippen molar-refractivity contribution in [1.29, 1.82) is 0 Å². The van der Waals surface area contributed by atoms with Crippen molar-refractivity contribution < 1.29 is 18.0 Å². The highest BCUT2D eigenvalue weighted by Crippen LogP contribution is 2.32. The van der Waals surface area contributed by atoms with E-state index in [0.29, 0.717) is 40.5 Å². The van der Waals surface area contributed by atoms with Crippen LogP contribution in [0.2, 0.25) is 5.02 Å². The van der Waals surface area contributed by atoms with Gasteiger partial charge in [-0.15, -0.1) is 0 Å². The first-order valence-electron chi connectivity index (χ1n) is 8.59. The molecule has 1 amide bonds. The van der Waals surface area contributed by atoms with Gasteiger partial charge in [-0.05, 0) is 54.8 Å². The lowest BCUT2D eigenvalue weighted by Crippen LogP contribution is -2.13. The summed E-state index contributed by atoms with van der Waals surface area (Å²) in [5.41, 5.74) is 8.06. The maximum atomic E-state index is 12.8. The van der Waals surface area contributed by atoms with Crippen LogP contribution in [0.4, 0.5) is 13.2 Å². The summed E-state index contributed by atoms with van der Waals surface area (Å²) in [4.78, 5) is 11.8. The molecule has 7 heteroatoms. The predicted molar refractivity (Wildman–Crippen MR) is 103 cm³/mol. The number of nitrogens with two attached hydrogens (primary N) is 1. The van der Waals surface area contributed by atoms with Crippen molar-refractivity contribution in [3.8, 4) is 11.3 Å². The molecule has 0 radical (unpaired) electrons. The van der Waals surface area contributed by atoms with Gasteiger partial charge >= 0.3 is 6.18 Å². The zero-order valence-electron chi connectivity index (χ0n) is 15.1. The fraction of sp³-hybridized carbons (Fsp3) is 0.190. The van der Waals surface area contributed by atoms with Crippen LogP contribution in [-0.4, -0.2) is 10.5 Å². The molecular formula is C21H18ClF3N2O. The summed E-state index contributed by atoms with van der Waals surface area (Å²) < 4.78 is 40.4. The molecule has 0 saturated carbocycles. The van der Waals surface area contributed by atoms with Gasteiger partial charge in [0, 0.05) is 23.0 Å². The Balaban J connectivity index is 1.96. The monoisotopic (exact) mass is 406 g/mol. The van der Waals surface area contributed by atoms with Crippen LogP contribution in [0.1, 0.15) is 27.2 Å². The number of rotatable bonds is 5. The van der Waals surface area contributed by atoms with Crippen molar-refractivity contribution in [3.63, 3.8) is 0 Å². The number of aromatic nitrogens is 1. The van der Waals surface area contributed by atoms with Crippen molar-refractivity contribution in [2.75, 3.05) is 0 Å². The number of benzene rings is 2. The number of aryl methyl sites for hydroxylation is 1. The number of carbonyl (C=O) groups excluding carboxylic acids is 1. The van der Waals surface area contributed by atoms with Crippen LogP contribution in [0.15, 0.2) is 54.6 Å². The number of amides is 1. The Hall–Kier alpha value is -2.73. The van der Waals surface area contributed by atoms with Crippen molar-refractivity contribution in [1.82, 2.24) is 4.57 Å². The molecule has 2 aromatic carbocycles. The number of hydrogen-bond donors (Lipinski definition) is 1. The summed E-state index contributed by atoms with van der Waals surface area (Å²) in [6.07, 6.45) is -3.73. The van der Waals surface area contributed by atoms with Crippen LogP contribution in [0.25, 0.3) is 11.3 Å². The van der Waals surface area contributed by atoms with Crippen LogP contribution in [0, 0.1) is 6.92 Å². The van der Waals surface area contributed by atoms with E-state index in [1.807, 2.05) is 16.7 Å². The molecule has 0 bridgehead atoms. The second-order valence-corrected chi connectivity index (χ2v) is 6.93. The number of nitrogens with zero attached hydrogens (tertiary/aromatic N) is 1. The maximum absolute atomic E-state index is 12.8. The molecule has 1 heterocycles. The second-order valence-electron chi connectivity index (χ2n) is 6.50. The molecule has 3 aromatic rings. The van der Waals surface area contributed by atoms with Crippen LogP contribution in [0.5, 0.6) is 0 Å². The Kier molecular flexibility index (Phi) is 5.52. The Labute approximate surface area is 165 Å². The fourth-order valence-corrected chi connectivity index (χ4v) is 3.27. The highest BCUT2D eigenvalue weighted by atomic mass is 35.5. The zero-order valence-corrected chi connectivity index (χ0v) is 15.8. The summed E-state index contributed by atoms with van der Waals surface area (Å²) in [7, 11) is 0. The quantitative estimate of drug-likeness (QED) is 0.599. The van der Waals surface area contributed by atoms with Gasteiger partial charge in [0.2, 0.25) is 0 Å². The third kappa shape index (κ3) is 4.22. The Morgan fingerprint density at radius 3 is 2.21 bits per heavy atom. The third-order valence-electron chi connectivity index (χ3n) is 4.68. The van der Waals surface area contributed by atoms with Gasteiger partial charge in [-0.3, -0.25) is 4.79 Å². The molecule has 0 aliphatic carbocycles. The SMILES string of the molecule is Cc1c(C(N)=O)cc(-c2ccc(C(F)(F)F)cc2)n1CCc1ccc(Cl)cc1. The molecule has 0 aliphatic rings. The van der Waals surface area contributed by atoms with Crippen molar-refractivity contribution in [2.24, 2.45) is 5.73 Å². The minimum atomic E-state index is -4.40. The van der Waals surface area contributed by atoms with Crippen molar-refractivity contribution in [3.05, 3.63) is 82.0 Å². The van der Waals surface area contributed by atoms with E-state index < -0.39 is 17.6 Å². The smallest absolute Gasteiger partial charge is 0.366 e. The van der Waals surface area contributed by atoms with Crippen LogP contribution in [-0.2, 0) is 19.1 Å². The topological polar surface area (TPSA) is 48.0 Å². The zero-order chi connectivity index (χ0) is 20.5. The van der Waals surface area contributed by atoms with Gasteiger partial charge < -0.3 is 10.3 Å². The second kappa shape index (κ2) is 7.72. The number of alkyl halides is 3. The summed E-state index contributed by atoms with van der Waals surface area (Å²) >= 11 is 5.91. The average Bonchev–Trinajstić information content (AvgIpc) is 2.97. The number of halogens is 4. The average molecular weight is 407 g/mol. The Bertz CT molecular complexity index is 990. The predicted octanol–water partition coefficient (Wildman–Crippen LogP) is 5.48. The minimum Gasteiger partial charge on any atom is -0.366 e. The Morgan fingerprint density at radius 1 is 1.07 bits per heavy atom. The van der Waals surface area contributed by atoms with E-state index in [-0.39, 0.29) is 0 Å². The van der Waals surface area contributed by atoms with Gasteiger partial charge in [-0.25, -0.2) is 0 Å². The molecule has 0 unspecified atom stereocenters. The van der Waals surface area contributed by atoms with Gasteiger partial charge in [0.15, 0.2) is 0 Å². The van der Waals surface area contributed by atoms with Crippen LogP contribution < -0.4 is 5.73 Å². The molecule has 146 valence electrons. The molecule has 0 spiro atoms. The highest BCUT2D eigenvalue weighted by Gasteiger charge is 2.30. The lowest BCUT2D eigenvalue weighted by atomic mass is 10.1. The number of hydrogen-bond acceptors (Lipinski definition) is 1. The van der Waals surface area contributed by atoms with Gasteiger partial charge in [-0.2, -0.15) is 13.2 Å². The standard InChI is InChI=1S/C21H18ClF3N2O/c1-13-18(20(26)28)12-19(15-4-6-16(7-5-15)21(23,24)25)27(13)11-10-14-2-8-17(22)9-3-14/h2-9,12H,10-11H2,1H3,(H2,26,28). The van der Waals surface area contributed by atoms with E-state index in [0.717, 1.165) is 17.7 Å². The minimum absolute atomic E-state index is 0.353. The largest absolute Gasteiger partial charge is 0.416 e. The van der Waals surface area contributed by atoms with E-state index in [2.05, 4.69) is 0 Å². The first kappa shape index (κ1) is 20.0. The van der Waals surface area contributed by atoms with E-state index in [9.17, 15) is 18.0 Å². The third-order valence-corrected chi connectivity index (χ3v) is 4.93. The highest BCUT2D eigenvalue weighted by molar-refractivity contribution is 6.30. The normalized spacial score (nSPS) is 11.6. The van der Waals surface area contributed by atoms with E-state index >= 15 is 0 Å². The number of carbonyl (C=O) groups is 1. The van der Waals surface area contributed by atoms with E-state index in [4.69, 9.17) is 17.3 Å². The van der Waals surface area contributed by atoms with Gasteiger partial charge in [-0.1, -0.05) is 35.9 Å². The fourth-order valence-electron chi connectivity index (χ4n) is 3.14.